The second kappa shape index (κ2) is 7.74. The number of nitrogen functional groups attached to an aromatic ring is 1. The smallest absolute Gasteiger partial charge is 0.341 e. The van der Waals surface area contributed by atoms with E-state index in [1.54, 1.807) is 68.4 Å². The zero-order valence-corrected chi connectivity index (χ0v) is 14.9. The molecule has 0 radical (unpaired) electrons. The lowest BCUT2D eigenvalue weighted by Crippen LogP contribution is -2.26. The van der Waals surface area contributed by atoms with Crippen LogP contribution in [0.15, 0.2) is 59.1 Å². The number of anilines is 2. The van der Waals surface area contributed by atoms with Crippen LogP contribution in [0.3, 0.4) is 0 Å². The first-order chi connectivity index (χ1) is 13.0. The molecular weight excluding hydrogens is 346 g/mol. The minimum absolute atomic E-state index is 0.209. The summed E-state index contributed by atoms with van der Waals surface area (Å²) in [6.07, 6.45) is -1.17. The molecule has 138 valence electrons. The number of carbonyl (C=O) groups excluding carboxylic acids is 2. The number of amides is 1. The Labute approximate surface area is 156 Å². The molecule has 1 heterocycles. The molecule has 3 aromatic rings. The Morgan fingerprint density at radius 3 is 2.52 bits per heavy atom. The van der Waals surface area contributed by atoms with Gasteiger partial charge in [-0.05, 0) is 25.5 Å². The summed E-state index contributed by atoms with van der Waals surface area (Å²) >= 11 is 0. The Bertz CT molecular complexity index is 966. The summed E-state index contributed by atoms with van der Waals surface area (Å²) in [4.78, 5) is 25.4. The molecule has 0 bridgehead atoms. The van der Waals surface area contributed by atoms with E-state index in [0.717, 1.165) is 5.56 Å². The average Bonchev–Trinajstić information content (AvgIpc) is 3.07. The Morgan fingerprint density at radius 1 is 1.11 bits per heavy atom. The fourth-order valence-corrected chi connectivity index (χ4v) is 2.55. The molecule has 0 aliphatic rings. The molecule has 0 unspecified atom stereocenters. The van der Waals surface area contributed by atoms with Crippen molar-refractivity contribution in [1.29, 1.82) is 0 Å². The zero-order valence-electron chi connectivity index (χ0n) is 14.9. The highest BCUT2D eigenvalue weighted by Crippen LogP contribution is 2.24. The molecule has 0 aliphatic heterocycles. The van der Waals surface area contributed by atoms with E-state index >= 15 is 0 Å². The number of esters is 1. The van der Waals surface area contributed by atoms with Crippen molar-refractivity contribution in [2.24, 2.45) is 0 Å². The fraction of sp³-hybridized carbons (Fsp3) is 0.150. The van der Waals surface area contributed by atoms with Crippen molar-refractivity contribution >= 4 is 23.4 Å². The molecule has 1 amide bonds. The number of aromatic nitrogens is 1. The third-order valence-electron chi connectivity index (χ3n) is 3.99. The lowest BCUT2D eigenvalue weighted by atomic mass is 10.1. The van der Waals surface area contributed by atoms with Gasteiger partial charge in [0.05, 0.1) is 5.56 Å². The number of benzene rings is 2. The monoisotopic (exact) mass is 365 g/mol. The molecule has 7 nitrogen and oxygen atoms in total. The predicted octanol–water partition coefficient (Wildman–Crippen LogP) is 3.41. The second-order valence-corrected chi connectivity index (χ2v) is 6.04. The van der Waals surface area contributed by atoms with Crippen molar-refractivity contribution in [3.05, 3.63) is 77.0 Å². The van der Waals surface area contributed by atoms with Crippen LogP contribution in [0.25, 0.3) is 0 Å². The summed E-state index contributed by atoms with van der Waals surface area (Å²) in [7, 11) is 0. The van der Waals surface area contributed by atoms with Gasteiger partial charge in [-0.25, -0.2) is 4.79 Å². The Hall–Kier alpha value is -3.61. The number of aryl methyl sites for hydroxylation is 2. The Morgan fingerprint density at radius 2 is 1.85 bits per heavy atom. The average molecular weight is 365 g/mol. The molecule has 3 N–H and O–H groups in total. The summed E-state index contributed by atoms with van der Waals surface area (Å²) < 4.78 is 10.5. The highest BCUT2D eigenvalue weighted by Gasteiger charge is 2.27. The van der Waals surface area contributed by atoms with Gasteiger partial charge in [-0.15, -0.1) is 0 Å². The van der Waals surface area contributed by atoms with Gasteiger partial charge in [-0.2, -0.15) is 0 Å². The summed E-state index contributed by atoms with van der Waals surface area (Å²) in [6.45, 7) is 3.50. The summed E-state index contributed by atoms with van der Waals surface area (Å²) in [5, 5.41) is 6.32. The van der Waals surface area contributed by atoms with Crippen LogP contribution >= 0.6 is 0 Å². The van der Waals surface area contributed by atoms with Crippen LogP contribution in [-0.2, 0) is 9.53 Å². The third kappa shape index (κ3) is 4.14. The number of ether oxygens (including phenoxy) is 1. The van der Waals surface area contributed by atoms with Crippen molar-refractivity contribution in [3.63, 3.8) is 0 Å². The number of hydrogen-bond acceptors (Lipinski definition) is 6. The van der Waals surface area contributed by atoms with Crippen LogP contribution in [0.2, 0.25) is 0 Å². The lowest BCUT2D eigenvalue weighted by Gasteiger charge is -2.18. The van der Waals surface area contributed by atoms with Crippen molar-refractivity contribution in [2.45, 2.75) is 20.0 Å². The van der Waals surface area contributed by atoms with Crippen LogP contribution in [0.5, 0.6) is 0 Å². The van der Waals surface area contributed by atoms with E-state index in [9.17, 15) is 9.59 Å². The van der Waals surface area contributed by atoms with Gasteiger partial charge in [0.25, 0.3) is 5.91 Å². The van der Waals surface area contributed by atoms with Crippen molar-refractivity contribution in [3.8, 4) is 0 Å². The van der Waals surface area contributed by atoms with Gasteiger partial charge >= 0.3 is 5.97 Å². The topological polar surface area (TPSA) is 107 Å². The zero-order chi connectivity index (χ0) is 19.4. The summed E-state index contributed by atoms with van der Waals surface area (Å²) in [6, 6.07) is 15.3. The quantitative estimate of drug-likeness (QED) is 0.530. The van der Waals surface area contributed by atoms with Gasteiger partial charge in [-0.3, -0.25) is 4.79 Å². The molecule has 2 aromatic carbocycles. The van der Waals surface area contributed by atoms with Crippen molar-refractivity contribution in [1.82, 2.24) is 5.16 Å². The third-order valence-corrected chi connectivity index (χ3v) is 3.99. The van der Waals surface area contributed by atoms with E-state index in [2.05, 4.69) is 10.5 Å². The van der Waals surface area contributed by atoms with E-state index in [4.69, 9.17) is 15.0 Å². The molecule has 0 saturated carbocycles. The number of para-hydroxylation sites is 1. The summed E-state index contributed by atoms with van der Waals surface area (Å²) in [5.41, 5.74) is 7.78. The van der Waals surface area contributed by atoms with Gasteiger partial charge in [0, 0.05) is 17.3 Å². The van der Waals surface area contributed by atoms with E-state index in [1.807, 2.05) is 0 Å². The normalized spacial score (nSPS) is 11.6. The first kappa shape index (κ1) is 18.2. The maximum Gasteiger partial charge on any atom is 0.341 e. The molecule has 0 aliphatic carbocycles. The molecule has 7 heteroatoms. The van der Waals surface area contributed by atoms with Crippen molar-refractivity contribution in [2.75, 3.05) is 11.1 Å². The maximum absolute atomic E-state index is 12.7. The van der Waals surface area contributed by atoms with Crippen LogP contribution in [0.1, 0.15) is 33.3 Å². The summed E-state index contributed by atoms with van der Waals surface area (Å²) in [5.74, 6) is -0.443. The predicted molar refractivity (Wildman–Crippen MR) is 100 cm³/mol. The standard InChI is InChI=1S/C20H19N3O4/c1-12-7-6-10-15(17(12)21)20(25)26-18(14-8-4-3-5-9-14)19(24)22-16-11-13(2)27-23-16/h3-11,18H,21H2,1-2H3,(H,22,23,24)/t18-/m0/s1. The SMILES string of the molecule is Cc1cc(NC(=O)[C@@H](OC(=O)c2cccc(C)c2N)c2ccccc2)no1. The molecule has 0 saturated heterocycles. The first-order valence-electron chi connectivity index (χ1n) is 8.31. The van der Waals surface area contributed by atoms with Gasteiger partial charge in [-0.1, -0.05) is 47.6 Å². The Kier molecular flexibility index (Phi) is 5.21. The van der Waals surface area contributed by atoms with Gasteiger partial charge < -0.3 is 20.3 Å². The number of nitrogens with zero attached hydrogens (tertiary/aromatic N) is 1. The van der Waals surface area contributed by atoms with Crippen LogP contribution < -0.4 is 11.1 Å². The number of rotatable bonds is 5. The van der Waals surface area contributed by atoms with Gasteiger partial charge in [0.15, 0.2) is 5.82 Å². The number of nitrogens with two attached hydrogens (primary N) is 1. The Balaban J connectivity index is 1.87. The second-order valence-electron chi connectivity index (χ2n) is 6.04. The molecule has 1 atom stereocenters. The van der Waals surface area contributed by atoms with E-state index < -0.39 is 18.0 Å². The lowest BCUT2D eigenvalue weighted by molar-refractivity contribution is -0.125. The highest BCUT2D eigenvalue weighted by atomic mass is 16.5. The first-order valence-corrected chi connectivity index (χ1v) is 8.31. The fourth-order valence-electron chi connectivity index (χ4n) is 2.55. The van der Waals surface area contributed by atoms with Crippen LogP contribution in [0.4, 0.5) is 11.5 Å². The van der Waals surface area contributed by atoms with Gasteiger partial charge in [0.1, 0.15) is 5.76 Å². The van der Waals surface area contributed by atoms with Gasteiger partial charge in [0.2, 0.25) is 6.10 Å². The number of nitrogens with one attached hydrogen (secondary N) is 1. The molecule has 0 spiro atoms. The van der Waals surface area contributed by atoms with E-state index in [0.29, 0.717) is 17.0 Å². The van der Waals surface area contributed by atoms with E-state index in [1.165, 1.54) is 0 Å². The number of hydrogen-bond donors (Lipinski definition) is 2. The molecule has 3 rings (SSSR count). The molecular formula is C20H19N3O4. The van der Waals surface area contributed by atoms with Crippen molar-refractivity contribution < 1.29 is 18.8 Å². The largest absolute Gasteiger partial charge is 0.444 e. The highest BCUT2D eigenvalue weighted by molar-refractivity contribution is 6.00. The molecule has 0 fully saturated rings. The van der Waals surface area contributed by atoms with Crippen LogP contribution in [-0.4, -0.2) is 17.0 Å². The van der Waals surface area contributed by atoms with Crippen LogP contribution in [0, 0.1) is 13.8 Å². The maximum atomic E-state index is 12.7. The molecule has 27 heavy (non-hydrogen) atoms. The number of carbonyl (C=O) groups is 2. The molecule has 1 aromatic heterocycles. The minimum atomic E-state index is -1.17. The minimum Gasteiger partial charge on any atom is -0.444 e. The van der Waals surface area contributed by atoms with E-state index in [-0.39, 0.29) is 11.4 Å².